The van der Waals surface area contributed by atoms with E-state index in [9.17, 15) is 18.3 Å². The maximum atomic E-state index is 11.5. The largest absolute Gasteiger partial charge is 0.481 e. The first-order valence-corrected chi connectivity index (χ1v) is 7.58. The van der Waals surface area contributed by atoms with Crippen molar-refractivity contribution >= 4 is 15.8 Å². The molecule has 1 N–H and O–H groups in total. The standard InChI is InChI=1S/C12H15NO4S/c14-11(15)12(5-7-18(16,17)9-12)4-3-10-2-1-6-13-8-10/h1-2,6,8H,3-5,7,9H2,(H,14,15). The molecule has 0 radical (unpaired) electrons. The molecule has 1 aliphatic rings. The van der Waals surface area contributed by atoms with Gasteiger partial charge in [0, 0.05) is 12.4 Å². The van der Waals surface area contributed by atoms with Gasteiger partial charge in [0.15, 0.2) is 9.84 Å². The molecule has 2 heterocycles. The minimum Gasteiger partial charge on any atom is -0.481 e. The van der Waals surface area contributed by atoms with Crippen molar-refractivity contribution in [3.63, 3.8) is 0 Å². The highest BCUT2D eigenvalue weighted by Crippen LogP contribution is 2.37. The molecule has 18 heavy (non-hydrogen) atoms. The van der Waals surface area contributed by atoms with Crippen LogP contribution in [0.1, 0.15) is 18.4 Å². The Morgan fingerprint density at radius 3 is 2.78 bits per heavy atom. The summed E-state index contributed by atoms with van der Waals surface area (Å²) in [7, 11) is -3.20. The smallest absolute Gasteiger partial charge is 0.310 e. The number of carboxylic acid groups (broad SMARTS) is 1. The second-order valence-electron chi connectivity index (χ2n) is 4.79. The summed E-state index contributed by atoms with van der Waals surface area (Å²) < 4.78 is 23.0. The number of sulfone groups is 1. The second-order valence-corrected chi connectivity index (χ2v) is 6.97. The van der Waals surface area contributed by atoms with Crippen LogP contribution in [-0.4, -0.2) is 36.0 Å². The van der Waals surface area contributed by atoms with Gasteiger partial charge in [0.1, 0.15) is 0 Å². The molecule has 0 spiro atoms. The molecule has 0 saturated carbocycles. The van der Waals surface area contributed by atoms with E-state index in [1.165, 1.54) is 0 Å². The van der Waals surface area contributed by atoms with Gasteiger partial charge in [-0.05, 0) is 30.9 Å². The summed E-state index contributed by atoms with van der Waals surface area (Å²) in [4.78, 5) is 15.3. The molecule has 1 aromatic heterocycles. The van der Waals surface area contributed by atoms with Crippen LogP contribution in [0.5, 0.6) is 0 Å². The van der Waals surface area contributed by atoms with Crippen molar-refractivity contribution in [3.05, 3.63) is 30.1 Å². The third-order valence-electron chi connectivity index (χ3n) is 3.46. The normalized spacial score (nSPS) is 26.0. The summed E-state index contributed by atoms with van der Waals surface area (Å²) in [5, 5.41) is 9.29. The molecule has 1 fully saturated rings. The van der Waals surface area contributed by atoms with E-state index in [1.54, 1.807) is 18.5 Å². The summed E-state index contributed by atoms with van der Waals surface area (Å²) in [5.41, 5.74) is -0.184. The average Bonchev–Trinajstić information content (AvgIpc) is 2.65. The number of pyridine rings is 1. The zero-order chi connectivity index (χ0) is 13.2. The van der Waals surface area contributed by atoms with Gasteiger partial charge in [-0.25, -0.2) is 8.42 Å². The monoisotopic (exact) mass is 269 g/mol. The third-order valence-corrected chi connectivity index (χ3v) is 5.28. The SMILES string of the molecule is O=C(O)C1(CCc2cccnc2)CCS(=O)(=O)C1. The molecule has 0 aromatic carbocycles. The Morgan fingerprint density at radius 1 is 1.50 bits per heavy atom. The van der Waals surface area contributed by atoms with Crippen LogP contribution in [0, 0.1) is 5.41 Å². The molecule has 0 bridgehead atoms. The quantitative estimate of drug-likeness (QED) is 0.878. The Kier molecular flexibility index (Phi) is 3.38. The van der Waals surface area contributed by atoms with Gasteiger partial charge in [-0.15, -0.1) is 0 Å². The van der Waals surface area contributed by atoms with Crippen LogP contribution in [0.25, 0.3) is 0 Å². The van der Waals surface area contributed by atoms with E-state index >= 15 is 0 Å². The maximum absolute atomic E-state index is 11.5. The van der Waals surface area contributed by atoms with Gasteiger partial charge in [-0.1, -0.05) is 6.07 Å². The number of hydrogen-bond acceptors (Lipinski definition) is 4. The number of aryl methyl sites for hydroxylation is 1. The van der Waals surface area contributed by atoms with Crippen molar-refractivity contribution in [1.82, 2.24) is 4.98 Å². The van der Waals surface area contributed by atoms with Gasteiger partial charge < -0.3 is 5.11 Å². The van der Waals surface area contributed by atoms with Crippen LogP contribution < -0.4 is 0 Å². The lowest BCUT2D eigenvalue weighted by molar-refractivity contribution is -0.147. The average molecular weight is 269 g/mol. The molecule has 1 unspecified atom stereocenters. The van der Waals surface area contributed by atoms with E-state index in [0.29, 0.717) is 12.8 Å². The van der Waals surface area contributed by atoms with Crippen LogP contribution in [0.4, 0.5) is 0 Å². The van der Waals surface area contributed by atoms with Crippen molar-refractivity contribution in [2.75, 3.05) is 11.5 Å². The minimum atomic E-state index is -3.20. The van der Waals surface area contributed by atoms with Crippen LogP contribution >= 0.6 is 0 Å². The molecule has 1 saturated heterocycles. The van der Waals surface area contributed by atoms with Crippen molar-refractivity contribution in [2.24, 2.45) is 5.41 Å². The predicted molar refractivity (Wildman–Crippen MR) is 65.9 cm³/mol. The number of aromatic nitrogens is 1. The Labute approximate surface area is 106 Å². The summed E-state index contributed by atoms with van der Waals surface area (Å²) in [5.74, 6) is -1.27. The van der Waals surface area contributed by atoms with Gasteiger partial charge in [-0.2, -0.15) is 0 Å². The Hall–Kier alpha value is -1.43. The maximum Gasteiger partial charge on any atom is 0.310 e. The highest BCUT2D eigenvalue weighted by atomic mass is 32.2. The fourth-order valence-electron chi connectivity index (χ4n) is 2.32. The van der Waals surface area contributed by atoms with Gasteiger partial charge in [0.25, 0.3) is 0 Å². The van der Waals surface area contributed by atoms with Crippen molar-refractivity contribution < 1.29 is 18.3 Å². The van der Waals surface area contributed by atoms with Gasteiger partial charge in [0.2, 0.25) is 0 Å². The minimum absolute atomic E-state index is 0.0215. The van der Waals surface area contributed by atoms with Crippen LogP contribution in [-0.2, 0) is 21.1 Å². The third kappa shape index (κ3) is 2.69. The number of carboxylic acids is 1. The van der Waals surface area contributed by atoms with Crippen LogP contribution in [0.15, 0.2) is 24.5 Å². The van der Waals surface area contributed by atoms with Gasteiger partial charge >= 0.3 is 5.97 Å². The molecule has 6 heteroatoms. The molecule has 0 aliphatic carbocycles. The first kappa shape index (κ1) is 13.0. The van der Waals surface area contributed by atoms with E-state index in [1.807, 2.05) is 6.07 Å². The summed E-state index contributed by atoms with van der Waals surface area (Å²) in [6, 6.07) is 3.65. The Bertz CT molecular complexity index is 540. The fraction of sp³-hybridized carbons (Fsp3) is 0.500. The van der Waals surface area contributed by atoms with Crippen molar-refractivity contribution in [2.45, 2.75) is 19.3 Å². The molecule has 2 rings (SSSR count). The second kappa shape index (κ2) is 4.68. The van der Waals surface area contributed by atoms with Gasteiger partial charge in [-0.3, -0.25) is 9.78 Å². The number of hydrogen-bond donors (Lipinski definition) is 1. The number of aliphatic carboxylic acids is 1. The zero-order valence-electron chi connectivity index (χ0n) is 9.87. The fourth-order valence-corrected chi connectivity index (χ4v) is 4.42. The Balaban J connectivity index is 2.12. The number of carbonyl (C=O) groups is 1. The highest BCUT2D eigenvalue weighted by Gasteiger charge is 2.47. The lowest BCUT2D eigenvalue weighted by atomic mass is 9.82. The molecule has 1 aromatic rings. The van der Waals surface area contributed by atoms with E-state index in [-0.39, 0.29) is 17.9 Å². The lowest BCUT2D eigenvalue weighted by Crippen LogP contribution is -2.32. The van der Waals surface area contributed by atoms with E-state index in [0.717, 1.165) is 5.56 Å². The first-order valence-electron chi connectivity index (χ1n) is 5.76. The van der Waals surface area contributed by atoms with E-state index < -0.39 is 21.2 Å². The van der Waals surface area contributed by atoms with Gasteiger partial charge in [0.05, 0.1) is 16.9 Å². The predicted octanol–water partition coefficient (Wildman–Crippen LogP) is 0.904. The molecular formula is C12H15NO4S. The molecule has 1 aliphatic heterocycles. The van der Waals surface area contributed by atoms with Crippen LogP contribution in [0.3, 0.4) is 0 Å². The van der Waals surface area contributed by atoms with E-state index in [4.69, 9.17) is 0 Å². The summed E-state index contributed by atoms with van der Waals surface area (Å²) in [6.45, 7) is 0. The highest BCUT2D eigenvalue weighted by molar-refractivity contribution is 7.91. The topological polar surface area (TPSA) is 84.3 Å². The molecular weight excluding hydrogens is 254 g/mol. The van der Waals surface area contributed by atoms with Crippen molar-refractivity contribution in [1.29, 1.82) is 0 Å². The summed E-state index contributed by atoms with van der Waals surface area (Å²) in [6.07, 6.45) is 4.42. The lowest BCUT2D eigenvalue weighted by Gasteiger charge is -2.21. The Morgan fingerprint density at radius 2 is 2.28 bits per heavy atom. The summed E-state index contributed by atoms with van der Waals surface area (Å²) >= 11 is 0. The molecule has 1 atom stereocenters. The number of nitrogens with zero attached hydrogens (tertiary/aromatic N) is 1. The van der Waals surface area contributed by atoms with E-state index in [2.05, 4.69) is 4.98 Å². The zero-order valence-corrected chi connectivity index (χ0v) is 10.7. The first-order chi connectivity index (χ1) is 8.44. The molecule has 0 amide bonds. The molecule has 5 nitrogen and oxygen atoms in total. The number of rotatable bonds is 4. The van der Waals surface area contributed by atoms with Crippen LogP contribution in [0.2, 0.25) is 0 Å². The molecule has 98 valence electrons. The van der Waals surface area contributed by atoms with Crippen molar-refractivity contribution in [3.8, 4) is 0 Å².